The molecule has 7 rings (SSSR count). The molecule has 13 heteroatoms. The molecule has 0 bridgehead atoms. The number of aromatic nitrogens is 6. The van der Waals surface area contributed by atoms with E-state index in [0.717, 1.165) is 29.7 Å². The normalized spacial score (nSPS) is 17.5. The first-order valence-electron chi connectivity index (χ1n) is 14.4. The molecule has 2 N–H and O–H groups in total. The molecule has 3 aromatic heterocycles. The standard InChI is InChI=1S/C31H30FN9O3/c1-31(2)30(43)38(17-27(42)39(31)21-8-6-20(32)7-9-21)23-5-3-4-19(14-23)25-15-24(28-29(33)34-18-36-41(25)28)26-16-35-37-40(26)22-10-12-44-13-11-22/h3-9,14-16,18,22H,10-13,17H2,1-2H3,(H2,33,34,36). The number of carbonyl (C=O) groups excluding carboxylic acids is 2. The van der Waals surface area contributed by atoms with E-state index < -0.39 is 11.4 Å². The minimum Gasteiger partial charge on any atom is -0.382 e. The van der Waals surface area contributed by atoms with Crippen LogP contribution in [0, 0.1) is 5.82 Å². The lowest BCUT2D eigenvalue weighted by Gasteiger charge is -2.45. The number of hydrogen-bond acceptors (Lipinski definition) is 8. The van der Waals surface area contributed by atoms with Crippen molar-refractivity contribution in [2.24, 2.45) is 0 Å². The lowest BCUT2D eigenvalue weighted by Crippen LogP contribution is -2.66. The van der Waals surface area contributed by atoms with E-state index in [1.807, 2.05) is 28.9 Å². The molecule has 2 amide bonds. The van der Waals surface area contributed by atoms with Gasteiger partial charge in [0, 0.05) is 35.7 Å². The fourth-order valence-corrected chi connectivity index (χ4v) is 6.22. The minimum absolute atomic E-state index is 0.134. The van der Waals surface area contributed by atoms with Gasteiger partial charge in [-0.1, -0.05) is 17.3 Å². The number of rotatable bonds is 5. The number of halogens is 1. The number of nitrogens with zero attached hydrogens (tertiary/aromatic N) is 8. The van der Waals surface area contributed by atoms with E-state index in [1.165, 1.54) is 40.4 Å². The van der Waals surface area contributed by atoms with Gasteiger partial charge >= 0.3 is 0 Å². The van der Waals surface area contributed by atoms with E-state index in [-0.39, 0.29) is 24.4 Å². The molecule has 5 heterocycles. The van der Waals surface area contributed by atoms with Gasteiger partial charge in [-0.25, -0.2) is 18.6 Å². The van der Waals surface area contributed by atoms with Gasteiger partial charge in [-0.05, 0) is 69.2 Å². The summed E-state index contributed by atoms with van der Waals surface area (Å²) < 4.78 is 22.8. The molecule has 224 valence electrons. The van der Waals surface area contributed by atoms with E-state index in [1.54, 1.807) is 30.6 Å². The summed E-state index contributed by atoms with van der Waals surface area (Å²) in [5, 5.41) is 13.1. The first-order chi connectivity index (χ1) is 21.2. The Labute approximate surface area is 251 Å². The van der Waals surface area contributed by atoms with Crippen LogP contribution in [0.2, 0.25) is 0 Å². The van der Waals surface area contributed by atoms with E-state index in [9.17, 15) is 14.0 Å². The number of benzene rings is 2. The third-order valence-electron chi connectivity index (χ3n) is 8.38. The SMILES string of the molecule is CC1(C)C(=O)N(c2cccc(-c3cc(-c4cnnn4C4CCOCC4)c4c(N)ncnn34)c2)CC(=O)N1c1ccc(F)cc1. The number of ether oxygens (including phenoxy) is 1. The average molecular weight is 596 g/mol. The molecule has 0 saturated carbocycles. The Kier molecular flexibility index (Phi) is 6.61. The molecule has 2 aliphatic rings. The monoisotopic (exact) mass is 595 g/mol. The van der Waals surface area contributed by atoms with Crippen molar-refractivity contribution in [1.82, 2.24) is 29.6 Å². The zero-order valence-electron chi connectivity index (χ0n) is 24.2. The molecule has 44 heavy (non-hydrogen) atoms. The summed E-state index contributed by atoms with van der Waals surface area (Å²) in [6.07, 6.45) is 4.75. The summed E-state index contributed by atoms with van der Waals surface area (Å²) in [6.45, 7) is 4.51. The van der Waals surface area contributed by atoms with Gasteiger partial charge in [-0.15, -0.1) is 5.10 Å². The van der Waals surface area contributed by atoms with Crippen molar-refractivity contribution < 1.29 is 18.7 Å². The zero-order valence-corrected chi connectivity index (χ0v) is 24.2. The number of fused-ring (bicyclic) bond motifs is 1. The second kappa shape index (κ2) is 10.5. The summed E-state index contributed by atoms with van der Waals surface area (Å²) in [5.41, 5.74) is 9.86. The largest absolute Gasteiger partial charge is 0.382 e. The summed E-state index contributed by atoms with van der Waals surface area (Å²) in [7, 11) is 0. The number of hydrogen-bond donors (Lipinski definition) is 1. The summed E-state index contributed by atoms with van der Waals surface area (Å²) in [5.74, 6) is -0.663. The lowest BCUT2D eigenvalue weighted by molar-refractivity contribution is -0.131. The third kappa shape index (κ3) is 4.47. The maximum Gasteiger partial charge on any atom is 0.253 e. The first-order valence-corrected chi connectivity index (χ1v) is 14.4. The molecular weight excluding hydrogens is 565 g/mol. The van der Waals surface area contributed by atoms with Crippen LogP contribution in [0.15, 0.2) is 67.1 Å². The predicted octanol–water partition coefficient (Wildman–Crippen LogP) is 3.89. The van der Waals surface area contributed by atoms with Crippen molar-refractivity contribution >= 4 is 34.5 Å². The minimum atomic E-state index is -1.21. The highest BCUT2D eigenvalue weighted by molar-refractivity contribution is 6.16. The highest BCUT2D eigenvalue weighted by Crippen LogP contribution is 2.38. The van der Waals surface area contributed by atoms with E-state index >= 15 is 0 Å². The highest BCUT2D eigenvalue weighted by atomic mass is 19.1. The van der Waals surface area contributed by atoms with Gasteiger partial charge in [-0.2, -0.15) is 5.10 Å². The van der Waals surface area contributed by atoms with E-state index in [2.05, 4.69) is 20.4 Å². The topological polar surface area (TPSA) is 137 Å². The Morgan fingerprint density at radius 2 is 1.77 bits per heavy atom. The Bertz CT molecular complexity index is 1890. The average Bonchev–Trinajstić information content (AvgIpc) is 3.66. The van der Waals surface area contributed by atoms with Crippen molar-refractivity contribution in [1.29, 1.82) is 0 Å². The van der Waals surface area contributed by atoms with Crippen LogP contribution in [-0.2, 0) is 14.3 Å². The van der Waals surface area contributed by atoms with Crippen LogP contribution < -0.4 is 15.5 Å². The Morgan fingerprint density at radius 1 is 1.00 bits per heavy atom. The van der Waals surface area contributed by atoms with Gasteiger partial charge in [0.2, 0.25) is 5.91 Å². The molecular formula is C31H30FN9O3. The van der Waals surface area contributed by atoms with Gasteiger partial charge in [0.15, 0.2) is 5.82 Å². The van der Waals surface area contributed by atoms with Crippen molar-refractivity contribution in [3.8, 4) is 22.5 Å². The number of amides is 2. The molecule has 0 atom stereocenters. The molecule has 12 nitrogen and oxygen atoms in total. The molecule has 2 aromatic carbocycles. The van der Waals surface area contributed by atoms with Crippen LogP contribution in [0.25, 0.3) is 28.0 Å². The molecule has 5 aromatic rings. The second-order valence-electron chi connectivity index (χ2n) is 11.5. The highest BCUT2D eigenvalue weighted by Gasteiger charge is 2.47. The maximum absolute atomic E-state index is 13.9. The molecule has 0 aliphatic carbocycles. The van der Waals surface area contributed by atoms with Gasteiger partial charge in [0.05, 0.1) is 23.6 Å². The van der Waals surface area contributed by atoms with Gasteiger partial charge < -0.3 is 15.4 Å². The van der Waals surface area contributed by atoms with E-state index in [4.69, 9.17) is 10.5 Å². The number of nitrogens with two attached hydrogens (primary N) is 1. The summed E-state index contributed by atoms with van der Waals surface area (Å²) >= 11 is 0. The van der Waals surface area contributed by atoms with Crippen molar-refractivity contribution in [3.05, 3.63) is 72.9 Å². The Balaban J connectivity index is 1.28. The van der Waals surface area contributed by atoms with Crippen LogP contribution in [0.4, 0.5) is 21.6 Å². The van der Waals surface area contributed by atoms with Gasteiger partial charge in [-0.3, -0.25) is 14.5 Å². The van der Waals surface area contributed by atoms with Crippen molar-refractivity contribution in [2.75, 3.05) is 35.3 Å². The van der Waals surface area contributed by atoms with Crippen LogP contribution in [0.5, 0.6) is 0 Å². The molecule has 0 spiro atoms. The Hall–Kier alpha value is -5.17. The van der Waals surface area contributed by atoms with Crippen LogP contribution in [-0.4, -0.2) is 66.7 Å². The van der Waals surface area contributed by atoms with Crippen LogP contribution in [0.1, 0.15) is 32.7 Å². The first kappa shape index (κ1) is 27.7. The van der Waals surface area contributed by atoms with Crippen molar-refractivity contribution in [2.45, 2.75) is 38.3 Å². The molecule has 0 radical (unpaired) electrons. The Morgan fingerprint density at radius 3 is 2.55 bits per heavy atom. The number of piperazine rings is 1. The second-order valence-corrected chi connectivity index (χ2v) is 11.5. The van der Waals surface area contributed by atoms with Gasteiger partial charge in [0.25, 0.3) is 5.91 Å². The molecule has 2 aliphatic heterocycles. The van der Waals surface area contributed by atoms with Crippen LogP contribution in [0.3, 0.4) is 0 Å². The quantitative estimate of drug-likeness (QED) is 0.323. The predicted molar refractivity (Wildman–Crippen MR) is 161 cm³/mol. The smallest absolute Gasteiger partial charge is 0.253 e. The number of carbonyl (C=O) groups is 2. The fourth-order valence-electron chi connectivity index (χ4n) is 6.22. The molecule has 2 saturated heterocycles. The summed E-state index contributed by atoms with van der Waals surface area (Å²) in [4.78, 5) is 34.5. The zero-order chi connectivity index (χ0) is 30.6. The number of nitrogen functional groups attached to an aromatic ring is 1. The van der Waals surface area contributed by atoms with Crippen LogP contribution >= 0.6 is 0 Å². The summed E-state index contributed by atoms with van der Waals surface area (Å²) in [6, 6.07) is 15.1. The molecule has 2 fully saturated rings. The van der Waals surface area contributed by atoms with Crippen molar-refractivity contribution in [3.63, 3.8) is 0 Å². The lowest BCUT2D eigenvalue weighted by atomic mass is 9.95. The number of anilines is 3. The third-order valence-corrected chi connectivity index (χ3v) is 8.38. The fraction of sp³-hybridized carbons (Fsp3) is 0.290. The molecule has 0 unspecified atom stereocenters. The van der Waals surface area contributed by atoms with Gasteiger partial charge in [0.1, 0.15) is 29.7 Å². The maximum atomic E-state index is 13.9. The van der Waals surface area contributed by atoms with E-state index in [0.29, 0.717) is 41.6 Å².